The lowest BCUT2D eigenvalue weighted by Crippen LogP contribution is -2.17. The average molecular weight is 235 g/mol. The number of hydrogen-bond acceptors (Lipinski definition) is 3. The summed E-state index contributed by atoms with van der Waals surface area (Å²) in [5.41, 5.74) is 1.40. The van der Waals surface area contributed by atoms with Gasteiger partial charge in [-0.05, 0) is 44.5 Å². The van der Waals surface area contributed by atoms with Gasteiger partial charge in [0.15, 0.2) is 0 Å². The van der Waals surface area contributed by atoms with Gasteiger partial charge in [0.05, 0.1) is 12.8 Å². The van der Waals surface area contributed by atoms with Gasteiger partial charge in [-0.1, -0.05) is 0 Å². The Morgan fingerprint density at radius 2 is 2.25 bits per heavy atom. The minimum absolute atomic E-state index is 0.370. The standard InChI is InChI=1S/C13H17NOS/c1-9-7-13(11(3)16-9)10(2)14-8-12-5-4-6-15-12/h4-7,10,14H,8H2,1-3H3. The Labute approximate surface area is 100 Å². The highest BCUT2D eigenvalue weighted by Gasteiger charge is 2.10. The third-order valence-corrected chi connectivity index (χ3v) is 3.69. The lowest BCUT2D eigenvalue weighted by Gasteiger charge is -2.12. The number of hydrogen-bond donors (Lipinski definition) is 1. The van der Waals surface area contributed by atoms with Crippen LogP contribution in [0.1, 0.15) is 34.0 Å². The highest BCUT2D eigenvalue weighted by atomic mass is 32.1. The van der Waals surface area contributed by atoms with E-state index in [2.05, 4.69) is 32.2 Å². The first kappa shape index (κ1) is 11.4. The van der Waals surface area contributed by atoms with Gasteiger partial charge in [0, 0.05) is 15.8 Å². The second-order valence-electron chi connectivity index (χ2n) is 4.05. The van der Waals surface area contributed by atoms with Crippen molar-refractivity contribution in [1.29, 1.82) is 0 Å². The smallest absolute Gasteiger partial charge is 0.117 e. The van der Waals surface area contributed by atoms with Gasteiger partial charge in [-0.3, -0.25) is 0 Å². The first-order valence-corrected chi connectivity index (χ1v) is 6.31. The highest BCUT2D eigenvalue weighted by molar-refractivity contribution is 7.12. The zero-order chi connectivity index (χ0) is 11.5. The van der Waals surface area contributed by atoms with Crippen LogP contribution in [0.5, 0.6) is 0 Å². The van der Waals surface area contributed by atoms with Crippen molar-refractivity contribution in [3.05, 3.63) is 45.5 Å². The first-order chi connectivity index (χ1) is 7.66. The van der Waals surface area contributed by atoms with Gasteiger partial charge in [0.2, 0.25) is 0 Å². The fraction of sp³-hybridized carbons (Fsp3) is 0.385. The second kappa shape index (κ2) is 4.85. The van der Waals surface area contributed by atoms with Crippen LogP contribution in [0.3, 0.4) is 0 Å². The number of nitrogens with one attached hydrogen (secondary N) is 1. The van der Waals surface area contributed by atoms with Crippen LogP contribution >= 0.6 is 11.3 Å². The fourth-order valence-corrected chi connectivity index (χ4v) is 2.88. The second-order valence-corrected chi connectivity index (χ2v) is 5.51. The van der Waals surface area contributed by atoms with Crippen LogP contribution in [0.15, 0.2) is 28.9 Å². The number of rotatable bonds is 4. The quantitative estimate of drug-likeness (QED) is 0.871. The molecule has 0 saturated carbocycles. The molecule has 16 heavy (non-hydrogen) atoms. The summed E-state index contributed by atoms with van der Waals surface area (Å²) in [6, 6.07) is 6.54. The number of furan rings is 1. The van der Waals surface area contributed by atoms with Crippen molar-refractivity contribution in [2.24, 2.45) is 0 Å². The van der Waals surface area contributed by atoms with E-state index in [1.807, 2.05) is 23.5 Å². The van der Waals surface area contributed by atoms with Gasteiger partial charge in [-0.15, -0.1) is 11.3 Å². The summed E-state index contributed by atoms with van der Waals surface area (Å²) in [6.45, 7) is 7.30. The maximum atomic E-state index is 5.30. The van der Waals surface area contributed by atoms with Crippen LogP contribution in [0.4, 0.5) is 0 Å². The maximum Gasteiger partial charge on any atom is 0.117 e. The summed E-state index contributed by atoms with van der Waals surface area (Å²) in [4.78, 5) is 2.77. The zero-order valence-electron chi connectivity index (χ0n) is 9.91. The molecular weight excluding hydrogens is 218 g/mol. The van der Waals surface area contributed by atoms with Gasteiger partial charge in [-0.25, -0.2) is 0 Å². The average Bonchev–Trinajstić information content (AvgIpc) is 2.84. The van der Waals surface area contributed by atoms with E-state index in [1.165, 1.54) is 15.3 Å². The molecule has 86 valence electrons. The topological polar surface area (TPSA) is 25.2 Å². The van der Waals surface area contributed by atoms with Crippen molar-refractivity contribution < 1.29 is 4.42 Å². The van der Waals surface area contributed by atoms with Crippen LogP contribution in [-0.2, 0) is 6.54 Å². The van der Waals surface area contributed by atoms with E-state index >= 15 is 0 Å². The molecule has 3 heteroatoms. The molecule has 0 aromatic carbocycles. The third-order valence-electron chi connectivity index (χ3n) is 2.71. The summed E-state index contributed by atoms with van der Waals surface area (Å²) in [6.07, 6.45) is 1.71. The van der Waals surface area contributed by atoms with E-state index in [4.69, 9.17) is 4.42 Å². The largest absolute Gasteiger partial charge is 0.468 e. The predicted molar refractivity (Wildman–Crippen MR) is 67.8 cm³/mol. The molecule has 1 N–H and O–H groups in total. The van der Waals surface area contributed by atoms with E-state index in [-0.39, 0.29) is 0 Å². The van der Waals surface area contributed by atoms with E-state index in [9.17, 15) is 0 Å². The van der Waals surface area contributed by atoms with Gasteiger partial charge >= 0.3 is 0 Å². The van der Waals surface area contributed by atoms with Crippen LogP contribution in [0.25, 0.3) is 0 Å². The maximum absolute atomic E-state index is 5.30. The molecule has 0 aliphatic heterocycles. The van der Waals surface area contributed by atoms with Crippen molar-refractivity contribution in [3.63, 3.8) is 0 Å². The molecule has 0 spiro atoms. The monoisotopic (exact) mass is 235 g/mol. The van der Waals surface area contributed by atoms with Crippen LogP contribution in [0.2, 0.25) is 0 Å². The Bertz CT molecular complexity index is 444. The minimum atomic E-state index is 0.370. The van der Waals surface area contributed by atoms with Gasteiger partial charge in [0.25, 0.3) is 0 Å². The molecule has 0 fully saturated rings. The van der Waals surface area contributed by atoms with Crippen molar-refractivity contribution in [2.45, 2.75) is 33.4 Å². The molecule has 0 aliphatic rings. The molecule has 2 aromatic heterocycles. The number of aryl methyl sites for hydroxylation is 2. The summed E-state index contributed by atoms with van der Waals surface area (Å²) in [5, 5.41) is 3.47. The van der Waals surface area contributed by atoms with E-state index in [1.54, 1.807) is 6.26 Å². The predicted octanol–water partition coefficient (Wildman–Crippen LogP) is 3.81. The van der Waals surface area contributed by atoms with Crippen LogP contribution < -0.4 is 5.32 Å². The van der Waals surface area contributed by atoms with Crippen molar-refractivity contribution in [1.82, 2.24) is 5.32 Å². The van der Waals surface area contributed by atoms with Crippen molar-refractivity contribution in [2.75, 3.05) is 0 Å². The van der Waals surface area contributed by atoms with Gasteiger partial charge in [0.1, 0.15) is 5.76 Å². The SMILES string of the molecule is Cc1cc(C(C)NCc2ccco2)c(C)s1. The summed E-state index contributed by atoms with van der Waals surface area (Å²) in [7, 11) is 0. The molecular formula is C13H17NOS. The van der Waals surface area contributed by atoms with E-state index in [0.29, 0.717) is 6.04 Å². The molecule has 0 saturated heterocycles. The molecule has 1 atom stereocenters. The normalized spacial score (nSPS) is 12.9. The Kier molecular flexibility index (Phi) is 3.46. The molecule has 2 rings (SSSR count). The van der Waals surface area contributed by atoms with Gasteiger partial charge in [-0.2, -0.15) is 0 Å². The molecule has 0 amide bonds. The minimum Gasteiger partial charge on any atom is -0.468 e. The third kappa shape index (κ3) is 2.54. The molecule has 0 bridgehead atoms. The molecule has 2 nitrogen and oxygen atoms in total. The van der Waals surface area contributed by atoms with Crippen molar-refractivity contribution in [3.8, 4) is 0 Å². The van der Waals surface area contributed by atoms with Crippen LogP contribution in [-0.4, -0.2) is 0 Å². The summed E-state index contributed by atoms with van der Waals surface area (Å²) < 4.78 is 5.30. The molecule has 1 unspecified atom stereocenters. The summed E-state index contributed by atoms with van der Waals surface area (Å²) >= 11 is 1.86. The van der Waals surface area contributed by atoms with Crippen LogP contribution in [0, 0.1) is 13.8 Å². The molecule has 2 heterocycles. The number of thiophene rings is 1. The molecule has 0 radical (unpaired) electrons. The first-order valence-electron chi connectivity index (χ1n) is 5.49. The Morgan fingerprint density at radius 1 is 1.44 bits per heavy atom. The highest BCUT2D eigenvalue weighted by Crippen LogP contribution is 2.26. The van der Waals surface area contributed by atoms with Gasteiger partial charge < -0.3 is 9.73 Å². The van der Waals surface area contributed by atoms with Crippen molar-refractivity contribution >= 4 is 11.3 Å². The van der Waals surface area contributed by atoms with E-state index < -0.39 is 0 Å². The Balaban J connectivity index is 1.98. The summed E-state index contributed by atoms with van der Waals surface area (Å²) in [5.74, 6) is 0.983. The molecule has 2 aromatic rings. The fourth-order valence-electron chi connectivity index (χ4n) is 1.86. The zero-order valence-corrected chi connectivity index (χ0v) is 10.7. The lowest BCUT2D eigenvalue weighted by atomic mass is 10.1. The Morgan fingerprint density at radius 3 is 2.81 bits per heavy atom. The lowest BCUT2D eigenvalue weighted by molar-refractivity contribution is 0.460. The Hall–Kier alpha value is -1.06. The van der Waals surface area contributed by atoms with E-state index in [0.717, 1.165) is 12.3 Å². The molecule has 0 aliphatic carbocycles.